The lowest BCUT2D eigenvalue weighted by atomic mass is 10.3. The van der Waals surface area contributed by atoms with E-state index >= 15 is 0 Å². The first-order valence-electron chi connectivity index (χ1n) is 4.94. The predicted octanol–water partition coefficient (Wildman–Crippen LogP) is 3.27. The van der Waals surface area contributed by atoms with Crippen LogP contribution in [0.5, 0.6) is 0 Å². The Bertz CT molecular complexity index is 584. The van der Waals surface area contributed by atoms with E-state index in [1.54, 1.807) is 0 Å². The lowest BCUT2D eigenvalue weighted by Gasteiger charge is -2.05. The molecule has 0 bridgehead atoms. The average molecular weight is 269 g/mol. The Kier molecular flexibility index (Phi) is 3.53. The number of carbonyl (C=O) groups is 1. The van der Waals surface area contributed by atoms with Crippen LogP contribution < -0.4 is 5.32 Å². The minimum absolute atomic E-state index is 0.101. The minimum Gasteiger partial charge on any atom is -0.320 e. The number of benzene rings is 1. The molecule has 1 amide bonds. The number of carbonyl (C=O) groups excluding carboxylic acids is 1. The first kappa shape index (κ1) is 12.4. The fourth-order valence-corrected chi connectivity index (χ4v) is 1.58. The molecule has 92 valence electrons. The molecule has 0 saturated carbocycles. The number of nitrogens with zero attached hydrogens (tertiary/aromatic N) is 1. The summed E-state index contributed by atoms with van der Waals surface area (Å²) >= 11 is 5.64. The molecule has 0 unspecified atom stereocenters. The van der Waals surface area contributed by atoms with Gasteiger partial charge < -0.3 is 5.32 Å². The van der Waals surface area contributed by atoms with Gasteiger partial charge in [-0.05, 0) is 30.3 Å². The highest BCUT2D eigenvalue weighted by molar-refractivity contribution is 6.31. The third-order valence-electron chi connectivity index (χ3n) is 2.07. The molecule has 0 atom stereocenters. The van der Waals surface area contributed by atoms with E-state index in [2.05, 4.69) is 10.3 Å². The van der Waals surface area contributed by atoms with Gasteiger partial charge in [0.05, 0.1) is 0 Å². The number of hydrogen-bond donors (Lipinski definition) is 1. The normalized spacial score (nSPS) is 10.2. The summed E-state index contributed by atoms with van der Waals surface area (Å²) in [5, 5.41) is 2.53. The summed E-state index contributed by atoms with van der Waals surface area (Å²) in [7, 11) is 0. The first-order chi connectivity index (χ1) is 8.54. The molecule has 0 aliphatic heterocycles. The van der Waals surface area contributed by atoms with E-state index in [9.17, 15) is 13.6 Å². The fourth-order valence-electron chi connectivity index (χ4n) is 1.36. The molecule has 0 aliphatic carbocycles. The maximum absolute atomic E-state index is 13.0. The Morgan fingerprint density at radius 1 is 1.22 bits per heavy atom. The van der Waals surface area contributed by atoms with Crippen LogP contribution in [0.25, 0.3) is 0 Å². The van der Waals surface area contributed by atoms with Crippen molar-refractivity contribution < 1.29 is 13.6 Å². The average Bonchev–Trinajstić information content (AvgIpc) is 2.27. The molecule has 18 heavy (non-hydrogen) atoms. The zero-order valence-electron chi connectivity index (χ0n) is 8.95. The van der Waals surface area contributed by atoms with Crippen molar-refractivity contribution in [3.05, 3.63) is 58.9 Å². The Hall–Kier alpha value is -2.01. The zero-order valence-corrected chi connectivity index (χ0v) is 9.71. The molecule has 0 fully saturated rings. The van der Waals surface area contributed by atoms with Crippen molar-refractivity contribution in [2.75, 3.05) is 5.32 Å². The quantitative estimate of drug-likeness (QED) is 0.850. The van der Waals surface area contributed by atoms with Crippen LogP contribution in [0.2, 0.25) is 5.02 Å². The summed E-state index contributed by atoms with van der Waals surface area (Å²) in [6.45, 7) is 0. The van der Waals surface area contributed by atoms with Gasteiger partial charge in [0.1, 0.15) is 11.5 Å². The van der Waals surface area contributed by atoms with Crippen LogP contribution in [-0.4, -0.2) is 10.9 Å². The van der Waals surface area contributed by atoms with Gasteiger partial charge in [-0.15, -0.1) is 0 Å². The lowest BCUT2D eigenvalue weighted by molar-refractivity contribution is 0.102. The van der Waals surface area contributed by atoms with Gasteiger partial charge in [-0.25, -0.2) is 9.37 Å². The summed E-state index contributed by atoms with van der Waals surface area (Å²) in [6.07, 6.45) is 0. The number of halogens is 3. The second kappa shape index (κ2) is 5.10. The number of amides is 1. The van der Waals surface area contributed by atoms with E-state index in [1.807, 2.05) is 0 Å². The Morgan fingerprint density at radius 3 is 2.67 bits per heavy atom. The molecule has 2 rings (SSSR count). The van der Waals surface area contributed by atoms with Gasteiger partial charge in [-0.1, -0.05) is 17.7 Å². The van der Waals surface area contributed by atoms with Gasteiger partial charge >= 0.3 is 0 Å². The van der Waals surface area contributed by atoms with Crippen LogP contribution in [0, 0.1) is 11.8 Å². The van der Waals surface area contributed by atoms with Gasteiger partial charge in [0, 0.05) is 10.7 Å². The smallest absolute Gasteiger partial charge is 0.274 e. The number of nitrogens with one attached hydrogen (secondary N) is 1. The highest BCUT2D eigenvalue weighted by Crippen LogP contribution is 2.18. The van der Waals surface area contributed by atoms with Crippen molar-refractivity contribution in [3.63, 3.8) is 0 Å². The first-order valence-corrected chi connectivity index (χ1v) is 5.32. The van der Waals surface area contributed by atoms with Crippen LogP contribution in [0.3, 0.4) is 0 Å². The molecule has 0 aliphatic rings. The molecule has 1 N–H and O–H groups in total. The third kappa shape index (κ3) is 3.01. The van der Waals surface area contributed by atoms with Crippen molar-refractivity contribution in [2.45, 2.75) is 0 Å². The van der Waals surface area contributed by atoms with Gasteiger partial charge in [0.15, 0.2) is 0 Å². The molecule has 0 radical (unpaired) electrons. The van der Waals surface area contributed by atoms with E-state index in [0.29, 0.717) is 0 Å². The van der Waals surface area contributed by atoms with Crippen molar-refractivity contribution in [1.29, 1.82) is 0 Å². The topological polar surface area (TPSA) is 42.0 Å². The molecule has 0 spiro atoms. The Morgan fingerprint density at radius 2 is 2.00 bits per heavy atom. The Labute approximate surface area is 106 Å². The maximum Gasteiger partial charge on any atom is 0.274 e. The highest BCUT2D eigenvalue weighted by atomic mass is 35.5. The van der Waals surface area contributed by atoms with E-state index in [0.717, 1.165) is 18.2 Å². The SMILES string of the molecule is O=C(Nc1cc(F)cc(Cl)c1)c1cccc(F)n1. The number of hydrogen-bond acceptors (Lipinski definition) is 2. The summed E-state index contributed by atoms with van der Waals surface area (Å²) in [5.41, 5.74) is 0.0754. The van der Waals surface area contributed by atoms with E-state index < -0.39 is 17.7 Å². The number of anilines is 1. The van der Waals surface area contributed by atoms with Gasteiger partial charge in [-0.3, -0.25) is 4.79 Å². The van der Waals surface area contributed by atoms with Gasteiger partial charge in [0.2, 0.25) is 5.95 Å². The maximum atomic E-state index is 13.0. The second-order valence-corrected chi connectivity index (χ2v) is 3.89. The molecular weight excluding hydrogens is 262 g/mol. The second-order valence-electron chi connectivity index (χ2n) is 3.46. The highest BCUT2D eigenvalue weighted by Gasteiger charge is 2.09. The zero-order chi connectivity index (χ0) is 13.1. The summed E-state index contributed by atoms with van der Waals surface area (Å²) in [5.74, 6) is -1.99. The molecule has 1 aromatic carbocycles. The van der Waals surface area contributed by atoms with Crippen molar-refractivity contribution in [1.82, 2.24) is 4.98 Å². The van der Waals surface area contributed by atoms with Crippen LogP contribution >= 0.6 is 11.6 Å². The predicted molar refractivity (Wildman–Crippen MR) is 63.6 cm³/mol. The van der Waals surface area contributed by atoms with Crippen LogP contribution in [0.4, 0.5) is 14.5 Å². The van der Waals surface area contributed by atoms with E-state index in [1.165, 1.54) is 18.2 Å². The molecule has 1 aromatic heterocycles. The van der Waals surface area contributed by atoms with E-state index in [-0.39, 0.29) is 16.4 Å². The lowest BCUT2D eigenvalue weighted by Crippen LogP contribution is -2.14. The van der Waals surface area contributed by atoms with Crippen LogP contribution in [-0.2, 0) is 0 Å². The molecule has 3 nitrogen and oxygen atoms in total. The summed E-state index contributed by atoms with van der Waals surface area (Å²) in [6, 6.07) is 7.41. The molecular formula is C12H7ClF2N2O. The minimum atomic E-state index is -0.764. The van der Waals surface area contributed by atoms with Crippen LogP contribution in [0.15, 0.2) is 36.4 Å². The number of pyridine rings is 1. The largest absolute Gasteiger partial charge is 0.320 e. The summed E-state index contributed by atoms with van der Waals surface area (Å²) in [4.78, 5) is 15.1. The number of aromatic nitrogens is 1. The molecule has 0 saturated heterocycles. The van der Waals surface area contributed by atoms with Crippen molar-refractivity contribution in [3.8, 4) is 0 Å². The monoisotopic (exact) mass is 268 g/mol. The molecule has 6 heteroatoms. The molecule has 2 aromatic rings. The molecule has 1 heterocycles. The Balaban J connectivity index is 2.21. The van der Waals surface area contributed by atoms with E-state index in [4.69, 9.17) is 11.6 Å². The van der Waals surface area contributed by atoms with Gasteiger partial charge in [0.25, 0.3) is 5.91 Å². The standard InChI is InChI=1S/C12H7ClF2N2O/c13-7-4-8(14)6-9(5-7)16-12(18)10-2-1-3-11(15)17-10/h1-6H,(H,16,18). The third-order valence-corrected chi connectivity index (χ3v) is 2.29. The van der Waals surface area contributed by atoms with Crippen molar-refractivity contribution in [2.24, 2.45) is 0 Å². The summed E-state index contributed by atoms with van der Waals surface area (Å²) < 4.78 is 25.9. The van der Waals surface area contributed by atoms with Crippen LogP contribution in [0.1, 0.15) is 10.5 Å². The van der Waals surface area contributed by atoms with Crippen molar-refractivity contribution >= 4 is 23.2 Å². The fraction of sp³-hybridized carbons (Fsp3) is 0. The number of rotatable bonds is 2. The van der Waals surface area contributed by atoms with Gasteiger partial charge in [-0.2, -0.15) is 4.39 Å².